The van der Waals surface area contributed by atoms with Crippen LogP contribution in [0.5, 0.6) is 0 Å². The summed E-state index contributed by atoms with van der Waals surface area (Å²) in [5.74, 6) is -0.341. The molecule has 1 N–H and O–H groups in total. The molecule has 8 heteroatoms. The number of hydrogen-bond donors (Lipinski definition) is 1. The molecule has 1 heterocycles. The van der Waals surface area contributed by atoms with Gasteiger partial charge in [0.2, 0.25) is 0 Å². The smallest absolute Gasteiger partial charge is 0.255 e. The van der Waals surface area contributed by atoms with Gasteiger partial charge in [0.05, 0.1) is 10.6 Å². The number of aromatic nitrogens is 2. The molecule has 1 aromatic heterocycles. The summed E-state index contributed by atoms with van der Waals surface area (Å²) in [4.78, 5) is 12.6. The predicted molar refractivity (Wildman–Crippen MR) is 98.8 cm³/mol. The van der Waals surface area contributed by atoms with E-state index in [2.05, 4.69) is 26.3 Å². The molecule has 2 aromatic carbocycles. The number of hydrogen-bond acceptors (Lipinski definition) is 4. The van der Waals surface area contributed by atoms with Crippen LogP contribution in [0.15, 0.2) is 70.3 Å². The van der Waals surface area contributed by atoms with Crippen molar-refractivity contribution in [1.29, 1.82) is 0 Å². The highest BCUT2D eigenvalue weighted by molar-refractivity contribution is 9.10. The minimum absolute atomic E-state index is 0.127. The topological polar surface area (TPSA) is 81.1 Å². The van der Waals surface area contributed by atoms with E-state index >= 15 is 0 Å². The molecule has 0 saturated carbocycles. The lowest BCUT2D eigenvalue weighted by molar-refractivity contribution is 0.102. The molecule has 0 aliphatic heterocycles. The van der Waals surface area contributed by atoms with Crippen molar-refractivity contribution in [2.45, 2.75) is 4.90 Å². The van der Waals surface area contributed by atoms with Crippen LogP contribution in [0.25, 0.3) is 5.69 Å². The Morgan fingerprint density at radius 2 is 1.96 bits per heavy atom. The zero-order chi connectivity index (χ0) is 18.0. The summed E-state index contributed by atoms with van der Waals surface area (Å²) in [6.07, 6.45) is 4.55. The Hall–Kier alpha value is -2.45. The summed E-state index contributed by atoms with van der Waals surface area (Å²) in [5, 5.41) is 6.85. The van der Waals surface area contributed by atoms with Gasteiger partial charge < -0.3 is 5.32 Å². The summed E-state index contributed by atoms with van der Waals surface area (Å²) in [6.45, 7) is 0. The van der Waals surface area contributed by atoms with Gasteiger partial charge in [0.1, 0.15) is 0 Å². The number of sulfone groups is 1. The van der Waals surface area contributed by atoms with Crippen molar-refractivity contribution >= 4 is 37.4 Å². The Kier molecular flexibility index (Phi) is 4.73. The molecule has 128 valence electrons. The molecule has 0 aliphatic carbocycles. The molecule has 3 aromatic rings. The van der Waals surface area contributed by atoms with Gasteiger partial charge in [-0.05, 0) is 42.5 Å². The van der Waals surface area contributed by atoms with E-state index in [1.807, 2.05) is 6.07 Å². The Labute approximate surface area is 153 Å². The summed E-state index contributed by atoms with van der Waals surface area (Å²) >= 11 is 3.26. The lowest BCUT2D eigenvalue weighted by Gasteiger charge is -2.09. The van der Waals surface area contributed by atoms with Crippen LogP contribution in [0.3, 0.4) is 0 Å². The third kappa shape index (κ3) is 4.15. The first-order valence-electron chi connectivity index (χ1n) is 7.25. The first kappa shape index (κ1) is 17.4. The predicted octanol–water partition coefficient (Wildman–Crippen LogP) is 3.29. The molecule has 6 nitrogen and oxygen atoms in total. The average Bonchev–Trinajstić information content (AvgIpc) is 3.08. The Morgan fingerprint density at radius 1 is 1.16 bits per heavy atom. The normalized spacial score (nSPS) is 11.3. The Bertz CT molecular complexity index is 1030. The number of amides is 1. The lowest BCUT2D eigenvalue weighted by Crippen LogP contribution is -2.13. The Morgan fingerprint density at radius 3 is 2.64 bits per heavy atom. The van der Waals surface area contributed by atoms with Crippen molar-refractivity contribution in [3.8, 4) is 5.69 Å². The second-order valence-electron chi connectivity index (χ2n) is 5.40. The van der Waals surface area contributed by atoms with Gasteiger partial charge in [-0.3, -0.25) is 4.79 Å². The third-order valence-electron chi connectivity index (χ3n) is 3.43. The first-order chi connectivity index (χ1) is 11.8. The third-order valence-corrected chi connectivity index (χ3v) is 4.98. The first-order valence-corrected chi connectivity index (χ1v) is 9.93. The number of benzene rings is 2. The van der Waals surface area contributed by atoms with Crippen molar-refractivity contribution in [3.63, 3.8) is 0 Å². The zero-order valence-corrected chi connectivity index (χ0v) is 15.6. The van der Waals surface area contributed by atoms with Crippen LogP contribution in [0.1, 0.15) is 10.4 Å². The fourth-order valence-corrected chi connectivity index (χ4v) is 3.59. The zero-order valence-electron chi connectivity index (χ0n) is 13.2. The van der Waals surface area contributed by atoms with Gasteiger partial charge in [-0.1, -0.05) is 22.0 Å². The number of nitrogens with zero attached hydrogens (tertiary/aromatic N) is 2. The SMILES string of the molecule is CS(=O)(=O)c1cc(Br)cc(NC(=O)c2cccc(-n3cccn3)c2)c1. The Balaban J connectivity index is 1.88. The van der Waals surface area contributed by atoms with Crippen LogP contribution >= 0.6 is 15.9 Å². The number of halogens is 1. The summed E-state index contributed by atoms with van der Waals surface area (Å²) < 4.78 is 25.7. The van der Waals surface area contributed by atoms with Crippen molar-refractivity contribution in [1.82, 2.24) is 9.78 Å². The molecule has 0 saturated heterocycles. The maximum absolute atomic E-state index is 12.5. The number of anilines is 1. The number of carbonyl (C=O) groups is 1. The molecule has 3 rings (SSSR count). The van der Waals surface area contributed by atoms with Crippen LogP contribution < -0.4 is 5.32 Å². The van der Waals surface area contributed by atoms with E-state index in [4.69, 9.17) is 0 Å². The van der Waals surface area contributed by atoms with Crippen LogP contribution in [-0.2, 0) is 9.84 Å². The van der Waals surface area contributed by atoms with Crippen LogP contribution in [0.4, 0.5) is 5.69 Å². The molecular formula is C17H14BrN3O3S. The van der Waals surface area contributed by atoms with Gasteiger partial charge in [-0.15, -0.1) is 0 Å². The summed E-state index contributed by atoms with van der Waals surface area (Å²) in [5.41, 5.74) is 1.59. The molecule has 0 bridgehead atoms. The van der Waals surface area contributed by atoms with Crippen LogP contribution in [0, 0.1) is 0 Å². The quantitative estimate of drug-likeness (QED) is 0.703. The fourth-order valence-electron chi connectivity index (χ4n) is 2.26. The van der Waals surface area contributed by atoms with E-state index in [0.29, 0.717) is 15.7 Å². The average molecular weight is 420 g/mol. The number of nitrogens with one attached hydrogen (secondary N) is 1. The van der Waals surface area contributed by atoms with Gasteiger partial charge in [-0.2, -0.15) is 5.10 Å². The van der Waals surface area contributed by atoms with E-state index in [-0.39, 0.29) is 10.8 Å². The minimum atomic E-state index is -3.38. The molecule has 0 aliphatic rings. The highest BCUT2D eigenvalue weighted by Gasteiger charge is 2.12. The highest BCUT2D eigenvalue weighted by Crippen LogP contribution is 2.23. The van der Waals surface area contributed by atoms with Gasteiger partial charge in [0.25, 0.3) is 5.91 Å². The van der Waals surface area contributed by atoms with Gasteiger partial charge in [0.15, 0.2) is 9.84 Å². The van der Waals surface area contributed by atoms with E-state index in [1.54, 1.807) is 47.4 Å². The van der Waals surface area contributed by atoms with Gasteiger partial charge >= 0.3 is 0 Å². The molecule has 0 atom stereocenters. The van der Waals surface area contributed by atoms with Crippen molar-refractivity contribution in [2.24, 2.45) is 0 Å². The standard InChI is InChI=1S/C17H14BrN3O3S/c1-25(23,24)16-10-13(18)9-14(11-16)20-17(22)12-4-2-5-15(8-12)21-7-3-6-19-21/h2-11H,1H3,(H,20,22). The number of rotatable bonds is 4. The largest absolute Gasteiger partial charge is 0.322 e. The van der Waals surface area contributed by atoms with Crippen molar-refractivity contribution in [3.05, 3.63) is 71.0 Å². The van der Waals surface area contributed by atoms with E-state index < -0.39 is 9.84 Å². The fraction of sp³-hybridized carbons (Fsp3) is 0.0588. The number of carbonyl (C=O) groups excluding carboxylic acids is 1. The monoisotopic (exact) mass is 419 g/mol. The molecule has 0 spiro atoms. The van der Waals surface area contributed by atoms with Crippen LogP contribution in [0.2, 0.25) is 0 Å². The van der Waals surface area contributed by atoms with Gasteiger partial charge in [-0.25, -0.2) is 13.1 Å². The van der Waals surface area contributed by atoms with E-state index in [9.17, 15) is 13.2 Å². The maximum Gasteiger partial charge on any atom is 0.255 e. The molecule has 25 heavy (non-hydrogen) atoms. The molecular weight excluding hydrogens is 406 g/mol. The second-order valence-corrected chi connectivity index (χ2v) is 8.33. The van der Waals surface area contributed by atoms with Crippen molar-refractivity contribution < 1.29 is 13.2 Å². The molecule has 0 radical (unpaired) electrons. The van der Waals surface area contributed by atoms with Crippen molar-refractivity contribution in [2.75, 3.05) is 11.6 Å². The minimum Gasteiger partial charge on any atom is -0.322 e. The highest BCUT2D eigenvalue weighted by atomic mass is 79.9. The van der Waals surface area contributed by atoms with Gasteiger partial charge in [0, 0.05) is 34.4 Å². The molecule has 0 fully saturated rings. The summed E-state index contributed by atoms with van der Waals surface area (Å²) in [7, 11) is -3.38. The molecule has 0 unspecified atom stereocenters. The second kappa shape index (κ2) is 6.81. The maximum atomic E-state index is 12.5. The lowest BCUT2D eigenvalue weighted by atomic mass is 10.2. The van der Waals surface area contributed by atoms with E-state index in [0.717, 1.165) is 11.9 Å². The molecule has 1 amide bonds. The summed E-state index contributed by atoms with van der Waals surface area (Å²) in [6, 6.07) is 13.3. The van der Waals surface area contributed by atoms with E-state index in [1.165, 1.54) is 12.1 Å². The van der Waals surface area contributed by atoms with Crippen LogP contribution in [-0.4, -0.2) is 30.4 Å².